The predicted octanol–water partition coefficient (Wildman–Crippen LogP) is 2.13. The summed E-state index contributed by atoms with van der Waals surface area (Å²) < 4.78 is 12.0. The molecule has 0 radical (unpaired) electrons. The number of benzene rings is 1. The van der Waals surface area contributed by atoms with Crippen molar-refractivity contribution in [2.24, 2.45) is 0 Å². The van der Waals surface area contributed by atoms with E-state index in [9.17, 15) is 4.79 Å². The minimum absolute atomic E-state index is 0. The first-order valence-electron chi connectivity index (χ1n) is 7.13. The van der Waals surface area contributed by atoms with E-state index in [1.807, 2.05) is 31.2 Å². The number of hydrogen-bond acceptors (Lipinski definition) is 4. The van der Waals surface area contributed by atoms with E-state index in [-0.39, 0.29) is 30.5 Å². The molecule has 124 valence electrons. The van der Waals surface area contributed by atoms with Crippen LogP contribution in [0.3, 0.4) is 0 Å². The fourth-order valence-corrected chi connectivity index (χ4v) is 2.50. The quantitative estimate of drug-likeness (QED) is 0.777. The number of hydrogen-bond donors (Lipinski definition) is 2. The first-order valence-corrected chi connectivity index (χ1v) is 7.93. The smallest absolute Gasteiger partial charge is 0.221 e. The zero-order valence-electron chi connectivity index (χ0n) is 12.5. The van der Waals surface area contributed by atoms with Crippen LogP contribution in [0, 0.1) is 0 Å². The minimum atomic E-state index is -0.0844. The Labute approximate surface area is 145 Å². The summed E-state index contributed by atoms with van der Waals surface area (Å²) >= 11 is 3.40. The van der Waals surface area contributed by atoms with Gasteiger partial charge in [0.05, 0.1) is 19.8 Å². The van der Waals surface area contributed by atoms with E-state index in [2.05, 4.69) is 26.6 Å². The zero-order chi connectivity index (χ0) is 15.1. The Balaban J connectivity index is 0.00000242. The van der Waals surface area contributed by atoms with E-state index in [0.717, 1.165) is 23.4 Å². The number of carbonyl (C=O) groups excluding carboxylic acids is 1. The molecule has 1 aromatic carbocycles. The molecule has 0 spiro atoms. The number of carbonyl (C=O) groups is 1. The van der Waals surface area contributed by atoms with E-state index in [1.165, 1.54) is 0 Å². The van der Waals surface area contributed by atoms with Gasteiger partial charge >= 0.3 is 0 Å². The second-order valence-corrected chi connectivity index (χ2v) is 6.04. The second-order valence-electron chi connectivity index (χ2n) is 5.12. The molecule has 22 heavy (non-hydrogen) atoms. The molecule has 0 aliphatic carbocycles. The van der Waals surface area contributed by atoms with Crippen LogP contribution in [0.15, 0.2) is 28.7 Å². The third kappa shape index (κ3) is 6.96. The average Bonchev–Trinajstić information content (AvgIpc) is 2.46. The molecular weight excluding hydrogens is 372 g/mol. The van der Waals surface area contributed by atoms with Crippen molar-refractivity contribution >= 4 is 34.2 Å². The fraction of sp³-hybridized carbons (Fsp3) is 0.533. The highest BCUT2D eigenvalue weighted by Crippen LogP contribution is 2.18. The molecular formula is C15H22BrClN2O3. The Morgan fingerprint density at radius 2 is 2.41 bits per heavy atom. The molecule has 1 amide bonds. The minimum Gasteiger partial charge on any atom is -0.489 e. The predicted molar refractivity (Wildman–Crippen MR) is 91.7 cm³/mol. The Hall–Kier alpha value is -0.820. The van der Waals surface area contributed by atoms with E-state index in [4.69, 9.17) is 9.47 Å². The maximum absolute atomic E-state index is 11.9. The van der Waals surface area contributed by atoms with Crippen molar-refractivity contribution < 1.29 is 14.3 Å². The molecule has 0 saturated carbocycles. The Bertz CT molecular complexity index is 470. The molecule has 1 fully saturated rings. The van der Waals surface area contributed by atoms with Gasteiger partial charge < -0.3 is 20.1 Å². The monoisotopic (exact) mass is 392 g/mol. The maximum atomic E-state index is 11.9. The van der Waals surface area contributed by atoms with Gasteiger partial charge in [0.15, 0.2) is 0 Å². The lowest BCUT2D eigenvalue weighted by atomic mass is 10.2. The zero-order valence-corrected chi connectivity index (χ0v) is 14.9. The van der Waals surface area contributed by atoms with Crippen molar-refractivity contribution in [3.05, 3.63) is 28.7 Å². The van der Waals surface area contributed by atoms with E-state index in [0.29, 0.717) is 19.6 Å². The van der Waals surface area contributed by atoms with Crippen molar-refractivity contribution in [1.82, 2.24) is 10.6 Å². The number of rotatable bonds is 6. The highest BCUT2D eigenvalue weighted by Gasteiger charge is 2.17. The van der Waals surface area contributed by atoms with Crippen LogP contribution in [0.25, 0.3) is 0 Å². The Morgan fingerprint density at radius 3 is 3.09 bits per heavy atom. The van der Waals surface area contributed by atoms with Crippen molar-refractivity contribution in [3.8, 4) is 5.75 Å². The number of amides is 1. The van der Waals surface area contributed by atoms with Gasteiger partial charge in [0.2, 0.25) is 5.91 Å². The third-order valence-electron chi connectivity index (χ3n) is 3.15. The number of nitrogens with one attached hydrogen (secondary N) is 2. The van der Waals surface area contributed by atoms with Gasteiger partial charge in [-0.25, -0.2) is 0 Å². The van der Waals surface area contributed by atoms with Gasteiger partial charge in [-0.1, -0.05) is 22.0 Å². The normalized spacial score (nSPS) is 18.9. The van der Waals surface area contributed by atoms with Crippen LogP contribution in [0.4, 0.5) is 0 Å². The topological polar surface area (TPSA) is 59.6 Å². The SMILES string of the molecule is CC(CNC(=O)CC1COCCN1)Oc1cccc(Br)c1.Cl. The Kier molecular flexibility index (Phi) is 8.78. The average molecular weight is 394 g/mol. The van der Waals surface area contributed by atoms with Crippen molar-refractivity contribution in [3.63, 3.8) is 0 Å². The van der Waals surface area contributed by atoms with E-state index in [1.54, 1.807) is 0 Å². The Morgan fingerprint density at radius 1 is 1.59 bits per heavy atom. The molecule has 1 aromatic rings. The fourth-order valence-electron chi connectivity index (χ4n) is 2.12. The van der Waals surface area contributed by atoms with Gasteiger partial charge in [-0.15, -0.1) is 12.4 Å². The van der Waals surface area contributed by atoms with Crippen LogP contribution >= 0.6 is 28.3 Å². The number of halogens is 2. The van der Waals surface area contributed by atoms with E-state index < -0.39 is 0 Å². The summed E-state index contributed by atoms with van der Waals surface area (Å²) in [7, 11) is 0. The van der Waals surface area contributed by atoms with Crippen LogP contribution in [-0.4, -0.2) is 44.4 Å². The molecule has 1 aliphatic heterocycles. The third-order valence-corrected chi connectivity index (χ3v) is 3.64. The molecule has 2 unspecified atom stereocenters. The van der Waals surface area contributed by atoms with Crippen LogP contribution in [0.1, 0.15) is 13.3 Å². The van der Waals surface area contributed by atoms with Crippen LogP contribution in [-0.2, 0) is 9.53 Å². The molecule has 2 atom stereocenters. The van der Waals surface area contributed by atoms with Crippen molar-refractivity contribution in [1.29, 1.82) is 0 Å². The van der Waals surface area contributed by atoms with Gasteiger partial charge in [0.25, 0.3) is 0 Å². The molecule has 1 saturated heterocycles. The molecule has 0 aromatic heterocycles. The molecule has 2 N–H and O–H groups in total. The molecule has 7 heteroatoms. The van der Waals surface area contributed by atoms with Crippen LogP contribution in [0.2, 0.25) is 0 Å². The summed E-state index contributed by atoms with van der Waals surface area (Å²) in [5.74, 6) is 0.802. The first kappa shape index (κ1) is 19.2. The van der Waals surface area contributed by atoms with Gasteiger partial charge in [-0.3, -0.25) is 4.79 Å². The summed E-state index contributed by atoms with van der Waals surface area (Å²) in [6.45, 7) is 4.54. The molecule has 5 nitrogen and oxygen atoms in total. The van der Waals surface area contributed by atoms with Gasteiger partial charge in [-0.05, 0) is 25.1 Å². The van der Waals surface area contributed by atoms with Crippen molar-refractivity contribution in [2.75, 3.05) is 26.3 Å². The lowest BCUT2D eigenvalue weighted by molar-refractivity contribution is -0.122. The van der Waals surface area contributed by atoms with Gasteiger partial charge in [0, 0.05) is 23.5 Å². The summed E-state index contributed by atoms with van der Waals surface area (Å²) in [5.41, 5.74) is 0. The van der Waals surface area contributed by atoms with E-state index >= 15 is 0 Å². The summed E-state index contributed by atoms with van der Waals surface area (Å²) in [4.78, 5) is 11.9. The van der Waals surface area contributed by atoms with Gasteiger partial charge in [-0.2, -0.15) is 0 Å². The molecule has 2 rings (SSSR count). The maximum Gasteiger partial charge on any atom is 0.221 e. The van der Waals surface area contributed by atoms with Crippen LogP contribution < -0.4 is 15.4 Å². The summed E-state index contributed by atoms with van der Waals surface area (Å²) in [6, 6.07) is 7.77. The summed E-state index contributed by atoms with van der Waals surface area (Å²) in [5, 5.41) is 6.15. The van der Waals surface area contributed by atoms with Crippen LogP contribution in [0.5, 0.6) is 5.75 Å². The molecule has 1 heterocycles. The van der Waals surface area contributed by atoms with Gasteiger partial charge in [0.1, 0.15) is 11.9 Å². The number of ether oxygens (including phenoxy) is 2. The number of morpholine rings is 1. The first-order chi connectivity index (χ1) is 10.1. The largest absolute Gasteiger partial charge is 0.489 e. The summed E-state index contributed by atoms with van der Waals surface area (Å²) in [6.07, 6.45) is 0.350. The second kappa shape index (κ2) is 10.0. The highest BCUT2D eigenvalue weighted by molar-refractivity contribution is 9.10. The lowest BCUT2D eigenvalue weighted by Crippen LogP contribution is -2.45. The highest BCUT2D eigenvalue weighted by atomic mass is 79.9. The molecule has 0 bridgehead atoms. The lowest BCUT2D eigenvalue weighted by Gasteiger charge is -2.23. The van der Waals surface area contributed by atoms with Crippen molar-refractivity contribution in [2.45, 2.75) is 25.5 Å². The molecule has 1 aliphatic rings. The standard InChI is InChI=1S/C15H21BrN2O3.ClH/c1-11(21-14-4-2-3-12(16)7-14)9-18-15(19)8-13-10-20-6-5-17-13;/h2-4,7,11,13,17H,5-6,8-10H2,1H3,(H,18,19);1H.